The fourth-order valence-corrected chi connectivity index (χ4v) is 8.61. The molecule has 0 radical (unpaired) electrons. The number of benzene rings is 10. The van der Waals surface area contributed by atoms with Crippen LogP contribution in [-0.4, -0.2) is 0 Å². The maximum absolute atomic E-state index is 6.89. The van der Waals surface area contributed by atoms with Gasteiger partial charge in [0.2, 0.25) is 0 Å². The zero-order valence-corrected chi connectivity index (χ0v) is 31.7. The molecule has 0 fully saturated rings. The topological polar surface area (TPSA) is 16.4 Å². The number of furan rings is 1. The van der Waals surface area contributed by atoms with Crippen LogP contribution in [0.15, 0.2) is 229 Å². The van der Waals surface area contributed by atoms with E-state index in [1.807, 2.05) is 0 Å². The van der Waals surface area contributed by atoms with Gasteiger partial charge in [0.1, 0.15) is 11.2 Å². The zero-order valence-electron chi connectivity index (χ0n) is 31.7. The minimum absolute atomic E-state index is 0.849. The predicted molar refractivity (Wildman–Crippen MR) is 245 cm³/mol. The standard InChI is InChI=1S/C56H37NO/c1-2-13-40(14-3-1)50-19-8-9-20-51(50)53-22-11-23-54-52-35-34-47(37-55(52)58-56(53)54)57(45-30-26-39(27-31-45)44-25-24-38-12-4-5-16-43(38)36-44)46-32-28-42(29-33-46)49-21-10-17-41-15-6-7-18-48(41)49/h1-37H. The van der Waals surface area contributed by atoms with E-state index >= 15 is 0 Å². The largest absolute Gasteiger partial charge is 0.455 e. The summed E-state index contributed by atoms with van der Waals surface area (Å²) in [4.78, 5) is 2.33. The second-order valence-electron chi connectivity index (χ2n) is 14.9. The van der Waals surface area contributed by atoms with Crippen molar-refractivity contribution >= 4 is 60.5 Å². The highest BCUT2D eigenvalue weighted by Gasteiger charge is 2.19. The van der Waals surface area contributed by atoms with Gasteiger partial charge < -0.3 is 9.32 Å². The highest BCUT2D eigenvalue weighted by molar-refractivity contribution is 6.11. The summed E-state index contributed by atoms with van der Waals surface area (Å²) in [5.41, 5.74) is 14.3. The molecule has 0 spiro atoms. The Morgan fingerprint density at radius 1 is 0.276 bits per heavy atom. The number of anilines is 3. The third kappa shape index (κ3) is 5.91. The first kappa shape index (κ1) is 33.6. The van der Waals surface area contributed by atoms with E-state index < -0.39 is 0 Å². The highest BCUT2D eigenvalue weighted by Crippen LogP contribution is 2.43. The van der Waals surface area contributed by atoms with E-state index in [0.29, 0.717) is 0 Å². The van der Waals surface area contributed by atoms with Gasteiger partial charge in [0.25, 0.3) is 0 Å². The van der Waals surface area contributed by atoms with Gasteiger partial charge in [0, 0.05) is 39.5 Å². The summed E-state index contributed by atoms with van der Waals surface area (Å²) in [7, 11) is 0. The van der Waals surface area contributed by atoms with Crippen LogP contribution in [0.25, 0.3) is 88.0 Å². The van der Waals surface area contributed by atoms with E-state index in [2.05, 4.69) is 229 Å². The minimum atomic E-state index is 0.849. The molecule has 2 heteroatoms. The number of para-hydroxylation sites is 1. The van der Waals surface area contributed by atoms with Crippen molar-refractivity contribution in [2.24, 2.45) is 0 Å². The summed E-state index contributed by atoms with van der Waals surface area (Å²) < 4.78 is 6.89. The van der Waals surface area contributed by atoms with Gasteiger partial charge in [-0.15, -0.1) is 0 Å². The van der Waals surface area contributed by atoms with E-state index in [-0.39, 0.29) is 0 Å². The molecular formula is C56H37NO. The van der Waals surface area contributed by atoms with Crippen molar-refractivity contribution in [3.8, 4) is 44.5 Å². The van der Waals surface area contributed by atoms with Gasteiger partial charge in [-0.2, -0.15) is 0 Å². The number of nitrogens with zero attached hydrogens (tertiary/aromatic N) is 1. The fraction of sp³-hybridized carbons (Fsp3) is 0. The normalized spacial score (nSPS) is 11.4. The smallest absolute Gasteiger partial charge is 0.143 e. The lowest BCUT2D eigenvalue weighted by molar-refractivity contribution is 0.670. The van der Waals surface area contributed by atoms with Crippen LogP contribution in [-0.2, 0) is 0 Å². The molecule has 11 aromatic rings. The lowest BCUT2D eigenvalue weighted by Crippen LogP contribution is -2.09. The number of hydrogen-bond donors (Lipinski definition) is 0. The van der Waals surface area contributed by atoms with E-state index in [1.54, 1.807) is 0 Å². The van der Waals surface area contributed by atoms with Crippen LogP contribution in [0.1, 0.15) is 0 Å². The fourth-order valence-electron chi connectivity index (χ4n) is 8.61. The molecule has 272 valence electrons. The van der Waals surface area contributed by atoms with Crippen LogP contribution < -0.4 is 4.90 Å². The summed E-state index contributed by atoms with van der Waals surface area (Å²) in [6.07, 6.45) is 0. The van der Waals surface area contributed by atoms with Crippen molar-refractivity contribution in [2.45, 2.75) is 0 Å². The first-order valence-corrected chi connectivity index (χ1v) is 19.8. The van der Waals surface area contributed by atoms with Gasteiger partial charge in [0.15, 0.2) is 0 Å². The zero-order chi connectivity index (χ0) is 38.4. The first-order chi connectivity index (χ1) is 28.7. The molecule has 0 aliphatic carbocycles. The van der Waals surface area contributed by atoms with E-state index in [4.69, 9.17) is 4.42 Å². The van der Waals surface area contributed by atoms with E-state index in [1.165, 1.54) is 54.9 Å². The molecule has 0 bridgehead atoms. The molecule has 0 N–H and O–H groups in total. The minimum Gasteiger partial charge on any atom is -0.455 e. The summed E-state index contributed by atoms with van der Waals surface area (Å²) in [6, 6.07) is 80.5. The molecule has 0 atom stereocenters. The van der Waals surface area contributed by atoms with Crippen molar-refractivity contribution in [3.63, 3.8) is 0 Å². The molecule has 11 rings (SSSR count). The molecule has 1 aromatic heterocycles. The third-order valence-electron chi connectivity index (χ3n) is 11.5. The average Bonchev–Trinajstić information content (AvgIpc) is 3.68. The average molecular weight is 740 g/mol. The van der Waals surface area contributed by atoms with Crippen molar-refractivity contribution in [1.82, 2.24) is 0 Å². The van der Waals surface area contributed by atoms with Crippen molar-refractivity contribution in [3.05, 3.63) is 224 Å². The van der Waals surface area contributed by atoms with Gasteiger partial charge in [-0.1, -0.05) is 176 Å². The van der Waals surface area contributed by atoms with E-state index in [9.17, 15) is 0 Å². The van der Waals surface area contributed by atoms with Gasteiger partial charge in [-0.3, -0.25) is 0 Å². The number of rotatable bonds is 7. The predicted octanol–water partition coefficient (Wildman–Crippen LogP) is 16.0. The SMILES string of the molecule is c1ccc(-c2ccccc2-c2cccc3c2oc2cc(N(c4ccc(-c5ccc6ccccc6c5)cc4)c4ccc(-c5cccc6ccccc56)cc4)ccc23)cc1. The van der Waals surface area contributed by atoms with Crippen LogP contribution in [0.2, 0.25) is 0 Å². The van der Waals surface area contributed by atoms with Gasteiger partial charge in [-0.05, 0) is 103 Å². The molecule has 0 unspecified atom stereocenters. The van der Waals surface area contributed by atoms with Crippen LogP contribution in [0, 0.1) is 0 Å². The van der Waals surface area contributed by atoms with Crippen molar-refractivity contribution in [1.29, 1.82) is 0 Å². The van der Waals surface area contributed by atoms with Crippen molar-refractivity contribution in [2.75, 3.05) is 4.90 Å². The molecule has 58 heavy (non-hydrogen) atoms. The lowest BCUT2D eigenvalue weighted by atomic mass is 9.93. The molecule has 2 nitrogen and oxygen atoms in total. The first-order valence-electron chi connectivity index (χ1n) is 19.8. The van der Waals surface area contributed by atoms with Crippen LogP contribution >= 0.6 is 0 Å². The molecule has 10 aromatic carbocycles. The summed E-state index contributed by atoms with van der Waals surface area (Å²) in [5, 5.41) is 7.17. The lowest BCUT2D eigenvalue weighted by Gasteiger charge is -2.26. The van der Waals surface area contributed by atoms with Crippen LogP contribution in [0.3, 0.4) is 0 Å². The van der Waals surface area contributed by atoms with Gasteiger partial charge in [-0.25, -0.2) is 0 Å². The number of hydrogen-bond acceptors (Lipinski definition) is 2. The van der Waals surface area contributed by atoms with Crippen LogP contribution in [0.4, 0.5) is 17.1 Å². The Labute approximate surface area is 337 Å². The van der Waals surface area contributed by atoms with Gasteiger partial charge >= 0.3 is 0 Å². The number of fused-ring (bicyclic) bond motifs is 5. The molecular weight excluding hydrogens is 703 g/mol. The van der Waals surface area contributed by atoms with Gasteiger partial charge in [0.05, 0.1) is 0 Å². The summed E-state index contributed by atoms with van der Waals surface area (Å²) in [6.45, 7) is 0. The molecule has 0 saturated carbocycles. The Kier molecular flexibility index (Phi) is 8.19. The summed E-state index contributed by atoms with van der Waals surface area (Å²) in [5.74, 6) is 0. The molecule has 0 amide bonds. The monoisotopic (exact) mass is 739 g/mol. The molecule has 0 aliphatic rings. The Hall–Kier alpha value is -7.68. The maximum atomic E-state index is 6.89. The maximum Gasteiger partial charge on any atom is 0.143 e. The Morgan fingerprint density at radius 3 is 1.64 bits per heavy atom. The third-order valence-corrected chi connectivity index (χ3v) is 11.5. The van der Waals surface area contributed by atoms with E-state index in [0.717, 1.165) is 50.1 Å². The Balaban J connectivity index is 1.03. The summed E-state index contributed by atoms with van der Waals surface area (Å²) >= 11 is 0. The highest BCUT2D eigenvalue weighted by atomic mass is 16.3. The second-order valence-corrected chi connectivity index (χ2v) is 14.9. The Bertz CT molecular complexity index is 3260. The Morgan fingerprint density at radius 2 is 0.828 bits per heavy atom. The quantitative estimate of drug-likeness (QED) is 0.162. The molecule has 0 aliphatic heterocycles. The van der Waals surface area contributed by atoms with Crippen molar-refractivity contribution < 1.29 is 4.42 Å². The van der Waals surface area contributed by atoms with Crippen LogP contribution in [0.5, 0.6) is 0 Å². The second kappa shape index (κ2) is 14.1. The molecule has 0 saturated heterocycles. The molecule has 1 heterocycles.